The second kappa shape index (κ2) is 3.73. The van der Waals surface area contributed by atoms with Gasteiger partial charge in [-0.2, -0.15) is 0 Å². The van der Waals surface area contributed by atoms with Crippen molar-refractivity contribution in [1.29, 1.82) is 0 Å². The van der Waals surface area contributed by atoms with E-state index < -0.39 is 5.97 Å². The van der Waals surface area contributed by atoms with Crippen molar-refractivity contribution < 1.29 is 9.90 Å². The molecule has 0 radical (unpaired) electrons. The van der Waals surface area contributed by atoms with Gasteiger partial charge in [0, 0.05) is 11.4 Å². The summed E-state index contributed by atoms with van der Waals surface area (Å²) in [6.45, 7) is 0. The number of carbonyl (C=O) groups is 1. The maximum atomic E-state index is 10.7. The summed E-state index contributed by atoms with van der Waals surface area (Å²) in [5.74, 6) is 0.646. The number of aromatic nitrogens is 1. The minimum atomic E-state index is -0.946. The lowest BCUT2D eigenvalue weighted by atomic mass is 10.1. The Kier molecular flexibility index (Phi) is 2.35. The van der Waals surface area contributed by atoms with E-state index in [9.17, 15) is 4.79 Å². The Hall–Kier alpha value is -1.10. The van der Waals surface area contributed by atoms with Crippen molar-refractivity contribution in [2.75, 3.05) is 5.32 Å². The molecule has 0 spiro atoms. The molecule has 5 heteroatoms. The van der Waals surface area contributed by atoms with Gasteiger partial charge in [-0.25, -0.2) is 9.78 Å². The Morgan fingerprint density at radius 2 is 2.06 bits per heavy atom. The molecule has 4 nitrogen and oxygen atoms in total. The second-order valence-electron chi connectivity index (χ2n) is 4.69. The maximum Gasteiger partial charge on any atom is 0.355 e. The molecule has 2 aliphatic carbocycles. The molecule has 2 fully saturated rings. The minimum absolute atomic E-state index is 0.151. The molecular weight excluding hydrogens is 224 g/mol. The molecule has 86 valence electrons. The molecule has 2 N–H and O–H groups in total. The first kappa shape index (κ1) is 10.1. The number of hydrogen-bond donors (Lipinski definition) is 2. The Morgan fingerprint density at radius 1 is 1.44 bits per heavy atom. The predicted octanol–water partition coefficient (Wildman–Crippen LogP) is 2.44. The fourth-order valence-corrected chi connectivity index (χ4v) is 2.84. The van der Waals surface area contributed by atoms with E-state index in [4.69, 9.17) is 5.11 Å². The molecule has 0 aliphatic heterocycles. The highest BCUT2D eigenvalue weighted by atomic mass is 32.1. The Balaban J connectivity index is 1.69. The molecule has 16 heavy (non-hydrogen) atoms. The van der Waals surface area contributed by atoms with Gasteiger partial charge in [0.2, 0.25) is 0 Å². The number of thiazole rings is 1. The minimum Gasteiger partial charge on any atom is -0.476 e. The number of nitrogens with one attached hydrogen (secondary N) is 1. The lowest BCUT2D eigenvalue weighted by Crippen LogP contribution is -2.24. The summed E-state index contributed by atoms with van der Waals surface area (Å²) in [7, 11) is 0. The number of carboxylic acid groups (broad SMARTS) is 1. The number of aromatic carboxylic acids is 1. The molecule has 0 amide bonds. The van der Waals surface area contributed by atoms with Crippen LogP contribution in [0.4, 0.5) is 5.13 Å². The van der Waals surface area contributed by atoms with Crippen molar-refractivity contribution in [1.82, 2.24) is 4.98 Å². The fraction of sp³-hybridized carbons (Fsp3) is 0.636. The highest BCUT2D eigenvalue weighted by Gasteiger charge is 2.41. The lowest BCUT2D eigenvalue weighted by Gasteiger charge is -2.16. The molecule has 2 saturated carbocycles. The van der Waals surface area contributed by atoms with Gasteiger partial charge in [0.1, 0.15) is 0 Å². The third kappa shape index (κ3) is 2.04. The zero-order valence-electron chi connectivity index (χ0n) is 8.85. The van der Waals surface area contributed by atoms with Crippen LogP contribution in [0.3, 0.4) is 0 Å². The van der Waals surface area contributed by atoms with Gasteiger partial charge < -0.3 is 10.4 Å². The van der Waals surface area contributed by atoms with Crippen molar-refractivity contribution in [2.45, 2.75) is 31.7 Å². The summed E-state index contributed by atoms with van der Waals surface area (Å²) in [6.07, 6.45) is 5.24. The lowest BCUT2D eigenvalue weighted by molar-refractivity contribution is 0.0691. The molecule has 0 saturated heterocycles. The Morgan fingerprint density at radius 3 is 2.50 bits per heavy atom. The Bertz CT molecular complexity index is 398. The topological polar surface area (TPSA) is 62.2 Å². The molecule has 1 aromatic rings. The maximum absolute atomic E-state index is 10.7. The van der Waals surface area contributed by atoms with E-state index in [1.165, 1.54) is 37.0 Å². The Labute approximate surface area is 97.7 Å². The molecule has 3 rings (SSSR count). The van der Waals surface area contributed by atoms with Crippen LogP contribution in [-0.2, 0) is 0 Å². The summed E-state index contributed by atoms with van der Waals surface area (Å²) >= 11 is 1.39. The highest BCUT2D eigenvalue weighted by molar-refractivity contribution is 7.13. The average Bonchev–Trinajstić information content (AvgIpc) is 3.15. The van der Waals surface area contributed by atoms with Crippen LogP contribution < -0.4 is 5.32 Å². The van der Waals surface area contributed by atoms with Crippen LogP contribution in [0.2, 0.25) is 0 Å². The van der Waals surface area contributed by atoms with E-state index in [2.05, 4.69) is 10.3 Å². The molecule has 0 aromatic carbocycles. The van der Waals surface area contributed by atoms with E-state index in [1.807, 2.05) is 0 Å². The standard InChI is InChI=1S/C11H14N2O2S/c14-10(15)8-5-16-11(12-8)13-9(6-1-2-6)7-3-4-7/h5-7,9H,1-4H2,(H,12,13)(H,14,15). The number of rotatable bonds is 5. The largest absolute Gasteiger partial charge is 0.476 e. The van der Waals surface area contributed by atoms with Crippen molar-refractivity contribution in [3.63, 3.8) is 0 Å². The molecule has 1 heterocycles. The van der Waals surface area contributed by atoms with Gasteiger partial charge in [0.05, 0.1) is 0 Å². The molecule has 0 unspecified atom stereocenters. The molecule has 0 atom stereocenters. The quantitative estimate of drug-likeness (QED) is 0.827. The van der Waals surface area contributed by atoms with Gasteiger partial charge in [-0.15, -0.1) is 11.3 Å². The van der Waals surface area contributed by atoms with E-state index in [0.717, 1.165) is 17.0 Å². The number of anilines is 1. The first-order valence-corrected chi connectivity index (χ1v) is 6.57. The van der Waals surface area contributed by atoms with Crippen LogP contribution >= 0.6 is 11.3 Å². The highest BCUT2D eigenvalue weighted by Crippen LogP contribution is 2.46. The first-order chi connectivity index (χ1) is 7.74. The second-order valence-corrected chi connectivity index (χ2v) is 5.55. The van der Waals surface area contributed by atoms with Crippen LogP contribution in [0.15, 0.2) is 5.38 Å². The summed E-state index contributed by atoms with van der Waals surface area (Å²) in [6, 6.07) is 0.535. The van der Waals surface area contributed by atoms with Gasteiger partial charge in [-0.3, -0.25) is 0 Å². The van der Waals surface area contributed by atoms with E-state index in [-0.39, 0.29) is 5.69 Å². The third-order valence-electron chi connectivity index (χ3n) is 3.27. The van der Waals surface area contributed by atoms with Crippen LogP contribution in [-0.4, -0.2) is 22.1 Å². The number of hydrogen-bond acceptors (Lipinski definition) is 4. The van der Waals surface area contributed by atoms with E-state index in [0.29, 0.717) is 6.04 Å². The van der Waals surface area contributed by atoms with Crippen LogP contribution in [0.25, 0.3) is 0 Å². The number of carboxylic acids is 1. The summed E-state index contributed by atoms with van der Waals surface area (Å²) in [4.78, 5) is 14.8. The average molecular weight is 238 g/mol. The van der Waals surface area contributed by atoms with Crippen molar-refractivity contribution >= 4 is 22.4 Å². The molecule has 2 aliphatic rings. The van der Waals surface area contributed by atoms with E-state index >= 15 is 0 Å². The van der Waals surface area contributed by atoms with Crippen LogP contribution in [0.1, 0.15) is 36.2 Å². The number of nitrogens with zero attached hydrogens (tertiary/aromatic N) is 1. The zero-order chi connectivity index (χ0) is 11.1. The molecule has 1 aromatic heterocycles. The van der Waals surface area contributed by atoms with Gasteiger partial charge in [0.25, 0.3) is 0 Å². The summed E-state index contributed by atoms with van der Waals surface area (Å²) < 4.78 is 0. The predicted molar refractivity (Wildman–Crippen MR) is 61.9 cm³/mol. The third-order valence-corrected chi connectivity index (χ3v) is 4.05. The molecular formula is C11H14N2O2S. The normalized spacial score (nSPS) is 20.1. The van der Waals surface area contributed by atoms with Gasteiger partial charge >= 0.3 is 5.97 Å². The SMILES string of the molecule is O=C(O)c1csc(NC(C2CC2)C2CC2)n1. The smallest absolute Gasteiger partial charge is 0.355 e. The van der Waals surface area contributed by atoms with Gasteiger partial charge in [-0.05, 0) is 37.5 Å². The van der Waals surface area contributed by atoms with Crippen molar-refractivity contribution in [2.24, 2.45) is 11.8 Å². The molecule has 0 bridgehead atoms. The monoisotopic (exact) mass is 238 g/mol. The van der Waals surface area contributed by atoms with E-state index in [1.54, 1.807) is 5.38 Å². The summed E-state index contributed by atoms with van der Waals surface area (Å²) in [5.41, 5.74) is 0.151. The zero-order valence-corrected chi connectivity index (χ0v) is 9.67. The van der Waals surface area contributed by atoms with Crippen molar-refractivity contribution in [3.05, 3.63) is 11.1 Å². The fourth-order valence-electron chi connectivity index (χ4n) is 2.11. The van der Waals surface area contributed by atoms with Crippen LogP contribution in [0.5, 0.6) is 0 Å². The first-order valence-electron chi connectivity index (χ1n) is 5.69. The van der Waals surface area contributed by atoms with Crippen LogP contribution in [0, 0.1) is 11.8 Å². The van der Waals surface area contributed by atoms with Gasteiger partial charge in [0.15, 0.2) is 10.8 Å². The summed E-state index contributed by atoms with van der Waals surface area (Å²) in [5, 5.41) is 14.6. The van der Waals surface area contributed by atoms with Gasteiger partial charge in [-0.1, -0.05) is 0 Å². The van der Waals surface area contributed by atoms with Crippen molar-refractivity contribution in [3.8, 4) is 0 Å².